The van der Waals surface area contributed by atoms with E-state index in [1.54, 1.807) is 0 Å². The van der Waals surface area contributed by atoms with Crippen molar-refractivity contribution in [1.82, 2.24) is 15.1 Å². The lowest BCUT2D eigenvalue weighted by Gasteiger charge is -2.36. The first-order valence-corrected chi connectivity index (χ1v) is 9.31. The van der Waals surface area contributed by atoms with Gasteiger partial charge in [0.1, 0.15) is 11.6 Å². The molecule has 2 aromatic rings. The molecule has 3 atom stereocenters. The summed E-state index contributed by atoms with van der Waals surface area (Å²) in [6.07, 6.45) is 4.38. The molecule has 4 rings (SSSR count). The minimum atomic E-state index is -0.633. The molecule has 2 aliphatic rings. The van der Waals surface area contributed by atoms with Crippen LogP contribution in [0.1, 0.15) is 67.6 Å². The van der Waals surface area contributed by atoms with Crippen LogP contribution in [0.4, 0.5) is 8.78 Å². The molecule has 0 spiro atoms. The lowest BCUT2D eigenvalue weighted by Crippen LogP contribution is -2.39. The Balaban J connectivity index is 1.66. The number of aromatic nitrogens is 2. The Hall–Kier alpha value is -2.28. The molecule has 2 fully saturated rings. The van der Waals surface area contributed by atoms with Crippen LogP contribution in [0.2, 0.25) is 0 Å². The van der Waals surface area contributed by atoms with Gasteiger partial charge in [0.15, 0.2) is 0 Å². The van der Waals surface area contributed by atoms with E-state index < -0.39 is 17.7 Å². The van der Waals surface area contributed by atoms with Crippen LogP contribution in [0.25, 0.3) is 0 Å². The average Bonchev–Trinajstić information content (AvgIpc) is 3.35. The number of carbonyl (C=O) groups excluding carboxylic acids is 1. The SMILES string of the molecule is CC(=O)N[C@H]1C[C@@H](c2cc(F)cc(F)c2)O[C@@H](c2cnn(C)c2C2CC2)C1. The number of amides is 1. The van der Waals surface area contributed by atoms with Gasteiger partial charge < -0.3 is 10.1 Å². The van der Waals surface area contributed by atoms with Gasteiger partial charge in [-0.25, -0.2) is 8.78 Å². The number of hydrogen-bond donors (Lipinski definition) is 1. The van der Waals surface area contributed by atoms with Gasteiger partial charge in [-0.2, -0.15) is 5.10 Å². The number of nitrogens with zero attached hydrogens (tertiary/aromatic N) is 2. The molecule has 1 saturated carbocycles. The molecule has 1 aliphatic carbocycles. The third-order valence-electron chi connectivity index (χ3n) is 5.32. The van der Waals surface area contributed by atoms with E-state index in [1.165, 1.54) is 19.1 Å². The molecule has 27 heavy (non-hydrogen) atoms. The van der Waals surface area contributed by atoms with Crippen molar-refractivity contribution in [3.05, 3.63) is 52.9 Å². The zero-order valence-corrected chi connectivity index (χ0v) is 15.4. The minimum absolute atomic E-state index is 0.126. The van der Waals surface area contributed by atoms with E-state index >= 15 is 0 Å². The van der Waals surface area contributed by atoms with E-state index in [9.17, 15) is 13.6 Å². The fourth-order valence-corrected chi connectivity index (χ4v) is 4.07. The maximum absolute atomic E-state index is 13.7. The van der Waals surface area contributed by atoms with Gasteiger partial charge in [0.25, 0.3) is 0 Å². The summed E-state index contributed by atoms with van der Waals surface area (Å²) in [6, 6.07) is 3.31. The second kappa shape index (κ2) is 7.03. The highest BCUT2D eigenvalue weighted by atomic mass is 19.1. The van der Waals surface area contributed by atoms with Crippen LogP contribution in [-0.2, 0) is 16.6 Å². The highest BCUT2D eigenvalue weighted by molar-refractivity contribution is 5.73. The molecule has 0 unspecified atom stereocenters. The van der Waals surface area contributed by atoms with Gasteiger partial charge in [0.05, 0.1) is 18.4 Å². The Labute approximate surface area is 156 Å². The van der Waals surface area contributed by atoms with Gasteiger partial charge in [-0.3, -0.25) is 9.48 Å². The van der Waals surface area contributed by atoms with Crippen molar-refractivity contribution in [1.29, 1.82) is 0 Å². The fraction of sp³-hybridized carbons (Fsp3) is 0.500. The molecule has 144 valence electrons. The van der Waals surface area contributed by atoms with Gasteiger partial charge in [-0.15, -0.1) is 0 Å². The molecule has 1 aliphatic heterocycles. The van der Waals surface area contributed by atoms with Crippen LogP contribution in [0.15, 0.2) is 24.4 Å². The summed E-state index contributed by atoms with van der Waals surface area (Å²) in [5.41, 5.74) is 2.62. The van der Waals surface area contributed by atoms with Gasteiger partial charge in [0.2, 0.25) is 5.91 Å². The minimum Gasteiger partial charge on any atom is -0.365 e. The summed E-state index contributed by atoms with van der Waals surface area (Å²) < 4.78 is 35.6. The van der Waals surface area contributed by atoms with E-state index in [0.29, 0.717) is 24.3 Å². The zero-order valence-electron chi connectivity index (χ0n) is 15.4. The van der Waals surface area contributed by atoms with E-state index in [1.807, 2.05) is 17.9 Å². The Morgan fingerprint density at radius 1 is 1.19 bits per heavy atom. The third-order valence-corrected chi connectivity index (χ3v) is 5.32. The summed E-state index contributed by atoms with van der Waals surface area (Å²) >= 11 is 0. The van der Waals surface area contributed by atoms with Crippen LogP contribution in [0.3, 0.4) is 0 Å². The highest BCUT2D eigenvalue weighted by Crippen LogP contribution is 2.46. The van der Waals surface area contributed by atoms with Gasteiger partial charge in [-0.1, -0.05) is 0 Å². The van der Waals surface area contributed by atoms with Crippen molar-refractivity contribution in [3.8, 4) is 0 Å². The first-order chi connectivity index (χ1) is 12.9. The Morgan fingerprint density at radius 2 is 1.85 bits per heavy atom. The topological polar surface area (TPSA) is 56.1 Å². The predicted octanol–water partition coefficient (Wildman–Crippen LogP) is 3.67. The lowest BCUT2D eigenvalue weighted by molar-refractivity contribution is -0.122. The first kappa shape index (κ1) is 18.1. The molecule has 1 aromatic heterocycles. The molecule has 0 radical (unpaired) electrons. The zero-order chi connectivity index (χ0) is 19.1. The summed E-state index contributed by atoms with van der Waals surface area (Å²) in [4.78, 5) is 11.6. The van der Waals surface area contributed by atoms with Crippen molar-refractivity contribution in [2.24, 2.45) is 7.05 Å². The van der Waals surface area contributed by atoms with Crippen LogP contribution in [-0.4, -0.2) is 21.7 Å². The van der Waals surface area contributed by atoms with E-state index in [0.717, 1.165) is 30.2 Å². The molecule has 1 saturated heterocycles. The van der Waals surface area contributed by atoms with Crippen LogP contribution in [0.5, 0.6) is 0 Å². The van der Waals surface area contributed by atoms with E-state index in [4.69, 9.17) is 4.74 Å². The number of halogens is 2. The number of ether oxygens (including phenoxy) is 1. The Bertz CT molecular complexity index is 843. The molecule has 1 N–H and O–H groups in total. The number of hydrogen-bond acceptors (Lipinski definition) is 3. The Morgan fingerprint density at radius 3 is 2.48 bits per heavy atom. The molecule has 7 heteroatoms. The summed E-state index contributed by atoms with van der Waals surface area (Å²) in [7, 11) is 1.92. The normalized spacial score (nSPS) is 25.4. The largest absolute Gasteiger partial charge is 0.365 e. The maximum Gasteiger partial charge on any atom is 0.217 e. The number of carbonyl (C=O) groups is 1. The van der Waals surface area contributed by atoms with Crippen molar-refractivity contribution < 1.29 is 18.3 Å². The van der Waals surface area contributed by atoms with Crippen molar-refractivity contribution in [3.63, 3.8) is 0 Å². The van der Waals surface area contributed by atoms with Crippen molar-refractivity contribution in [2.75, 3.05) is 0 Å². The lowest BCUT2D eigenvalue weighted by atomic mass is 9.90. The first-order valence-electron chi connectivity index (χ1n) is 9.31. The quantitative estimate of drug-likeness (QED) is 0.887. The molecule has 0 bridgehead atoms. The third kappa shape index (κ3) is 3.88. The summed E-state index contributed by atoms with van der Waals surface area (Å²) in [5.74, 6) is -0.903. The highest BCUT2D eigenvalue weighted by Gasteiger charge is 2.37. The van der Waals surface area contributed by atoms with Gasteiger partial charge >= 0.3 is 0 Å². The number of benzene rings is 1. The van der Waals surface area contributed by atoms with E-state index in [-0.39, 0.29) is 18.1 Å². The fourth-order valence-electron chi connectivity index (χ4n) is 4.07. The van der Waals surface area contributed by atoms with Crippen molar-refractivity contribution in [2.45, 2.75) is 56.8 Å². The summed E-state index contributed by atoms with van der Waals surface area (Å²) in [5, 5.41) is 7.34. The smallest absolute Gasteiger partial charge is 0.217 e. The second-order valence-electron chi connectivity index (χ2n) is 7.57. The van der Waals surface area contributed by atoms with Gasteiger partial charge in [-0.05, 0) is 43.4 Å². The number of nitrogens with one attached hydrogen (secondary N) is 1. The monoisotopic (exact) mass is 375 g/mol. The van der Waals surface area contributed by atoms with Crippen LogP contribution < -0.4 is 5.32 Å². The van der Waals surface area contributed by atoms with Crippen molar-refractivity contribution >= 4 is 5.91 Å². The number of rotatable bonds is 4. The second-order valence-corrected chi connectivity index (χ2v) is 7.57. The van der Waals surface area contributed by atoms with Crippen LogP contribution in [0, 0.1) is 11.6 Å². The Kier molecular flexibility index (Phi) is 4.72. The predicted molar refractivity (Wildman–Crippen MR) is 94.9 cm³/mol. The molecular formula is C20H23F2N3O2. The van der Waals surface area contributed by atoms with Crippen LogP contribution >= 0.6 is 0 Å². The number of aryl methyl sites for hydroxylation is 1. The summed E-state index contributed by atoms with van der Waals surface area (Å²) in [6.45, 7) is 1.47. The maximum atomic E-state index is 13.7. The standard InChI is InChI=1S/C20H23F2N3O2/c1-11(26)24-16-8-18(13-5-14(21)7-15(22)6-13)27-19(9-16)17-10-23-25(2)20(17)12-3-4-12/h5-7,10,12,16,18-19H,3-4,8-9H2,1-2H3,(H,24,26)/t16-,18-,19+/m0/s1. The molecule has 2 heterocycles. The molecule has 1 aromatic carbocycles. The molecular weight excluding hydrogens is 352 g/mol. The average molecular weight is 375 g/mol. The van der Waals surface area contributed by atoms with E-state index in [2.05, 4.69) is 10.4 Å². The van der Waals surface area contributed by atoms with Gasteiger partial charge in [0, 0.05) is 43.3 Å². The molecule has 5 nitrogen and oxygen atoms in total. The molecule has 1 amide bonds.